The quantitative estimate of drug-likeness (QED) is 0.827. The molecule has 0 amide bonds. The molecule has 1 aliphatic heterocycles. The Morgan fingerprint density at radius 3 is 2.56 bits per heavy atom. The van der Waals surface area contributed by atoms with Gasteiger partial charge in [-0.15, -0.1) is 0 Å². The molecule has 0 bridgehead atoms. The topological polar surface area (TPSA) is 12.5 Å². The van der Waals surface area contributed by atoms with Crippen LogP contribution in [0.5, 0.6) is 0 Å². The number of nitrogens with zero attached hydrogens (tertiary/aromatic N) is 1. The molecule has 16 heavy (non-hydrogen) atoms. The van der Waals surface area contributed by atoms with Gasteiger partial charge in [0, 0.05) is 23.1 Å². The molecule has 1 aliphatic carbocycles. The van der Waals surface area contributed by atoms with Crippen molar-refractivity contribution < 1.29 is 4.74 Å². The molecule has 1 saturated heterocycles. The van der Waals surface area contributed by atoms with Crippen LogP contribution in [-0.2, 0) is 10.3 Å². The molecule has 0 aromatic heterocycles. The van der Waals surface area contributed by atoms with E-state index in [0.29, 0.717) is 5.54 Å². The number of hydrogen-bond donors (Lipinski definition) is 0. The van der Waals surface area contributed by atoms with Crippen LogP contribution in [0.2, 0.25) is 0 Å². The van der Waals surface area contributed by atoms with E-state index in [0.717, 1.165) is 26.3 Å². The Hall–Kier alpha value is -0.380. The van der Waals surface area contributed by atoms with Gasteiger partial charge in [0.05, 0.1) is 13.2 Å². The molecule has 86 valence electrons. The van der Waals surface area contributed by atoms with Gasteiger partial charge in [-0.25, -0.2) is 0 Å². The largest absolute Gasteiger partial charge is 0.379 e. The predicted molar refractivity (Wildman–Crippen MR) is 67.4 cm³/mol. The first-order valence-corrected chi connectivity index (χ1v) is 6.69. The summed E-state index contributed by atoms with van der Waals surface area (Å²) in [5.41, 5.74) is 1.79. The Kier molecular flexibility index (Phi) is 2.78. The minimum atomic E-state index is 0.327. The van der Waals surface area contributed by atoms with Gasteiger partial charge >= 0.3 is 0 Å². The van der Waals surface area contributed by atoms with E-state index in [4.69, 9.17) is 4.74 Å². The summed E-state index contributed by atoms with van der Waals surface area (Å²) in [7, 11) is 0. The van der Waals surface area contributed by atoms with E-state index in [1.54, 1.807) is 0 Å². The van der Waals surface area contributed by atoms with E-state index in [1.807, 2.05) is 0 Å². The summed E-state index contributed by atoms with van der Waals surface area (Å²) in [6.45, 7) is 3.92. The average Bonchev–Trinajstić information content (AvgIpc) is 3.11. The highest BCUT2D eigenvalue weighted by molar-refractivity contribution is 9.10. The lowest BCUT2D eigenvalue weighted by molar-refractivity contribution is 0.00834. The Bertz CT molecular complexity index is 383. The van der Waals surface area contributed by atoms with E-state index in [-0.39, 0.29) is 0 Å². The number of morpholine rings is 1. The fourth-order valence-corrected chi connectivity index (χ4v) is 3.07. The highest BCUT2D eigenvalue weighted by Gasteiger charge is 2.49. The maximum absolute atomic E-state index is 5.43. The summed E-state index contributed by atoms with van der Waals surface area (Å²) >= 11 is 3.56. The number of halogens is 1. The Labute approximate surface area is 105 Å². The van der Waals surface area contributed by atoms with E-state index in [9.17, 15) is 0 Å². The van der Waals surface area contributed by atoms with Gasteiger partial charge in [-0.05, 0) is 30.5 Å². The molecule has 2 nitrogen and oxygen atoms in total. The predicted octanol–water partition coefficient (Wildman–Crippen LogP) is 2.77. The molecule has 1 saturated carbocycles. The zero-order valence-electron chi connectivity index (χ0n) is 9.29. The zero-order valence-corrected chi connectivity index (χ0v) is 10.9. The minimum Gasteiger partial charge on any atom is -0.379 e. The third-order valence-electron chi connectivity index (χ3n) is 3.70. The Morgan fingerprint density at radius 2 is 1.94 bits per heavy atom. The Morgan fingerprint density at radius 1 is 1.19 bits per heavy atom. The van der Waals surface area contributed by atoms with Gasteiger partial charge in [0.1, 0.15) is 0 Å². The monoisotopic (exact) mass is 281 g/mol. The molecular weight excluding hydrogens is 266 g/mol. The average molecular weight is 282 g/mol. The molecule has 1 aromatic rings. The van der Waals surface area contributed by atoms with Crippen molar-refractivity contribution in [2.45, 2.75) is 18.4 Å². The highest BCUT2D eigenvalue weighted by Crippen LogP contribution is 2.51. The smallest absolute Gasteiger partial charge is 0.0594 e. The summed E-state index contributed by atoms with van der Waals surface area (Å²) in [4.78, 5) is 2.60. The van der Waals surface area contributed by atoms with Gasteiger partial charge in [0.15, 0.2) is 0 Å². The molecule has 2 aliphatic rings. The standard InChI is InChI=1S/C13H16BrNO/c14-12-3-1-2-11(10-12)13(4-5-13)15-6-8-16-9-7-15/h1-3,10H,4-9H2. The number of hydrogen-bond acceptors (Lipinski definition) is 2. The number of rotatable bonds is 2. The number of ether oxygens (including phenoxy) is 1. The van der Waals surface area contributed by atoms with Crippen LogP contribution in [-0.4, -0.2) is 31.2 Å². The second-order valence-electron chi connectivity index (χ2n) is 4.64. The van der Waals surface area contributed by atoms with Crippen molar-refractivity contribution >= 4 is 15.9 Å². The molecule has 1 heterocycles. The molecular formula is C13H16BrNO. The molecule has 3 rings (SSSR count). The normalized spacial score (nSPS) is 24.3. The first kappa shape index (κ1) is 10.8. The Balaban J connectivity index is 1.87. The fraction of sp³-hybridized carbons (Fsp3) is 0.538. The zero-order chi connectivity index (χ0) is 11.0. The number of benzene rings is 1. The van der Waals surface area contributed by atoms with E-state index < -0.39 is 0 Å². The lowest BCUT2D eigenvalue weighted by Crippen LogP contribution is -2.43. The molecule has 0 N–H and O–H groups in total. The maximum Gasteiger partial charge on any atom is 0.0594 e. The van der Waals surface area contributed by atoms with Crippen LogP contribution < -0.4 is 0 Å². The molecule has 0 radical (unpaired) electrons. The van der Waals surface area contributed by atoms with Crippen LogP contribution in [0.25, 0.3) is 0 Å². The third kappa shape index (κ3) is 1.81. The first-order chi connectivity index (χ1) is 7.81. The highest BCUT2D eigenvalue weighted by atomic mass is 79.9. The van der Waals surface area contributed by atoms with Crippen LogP contribution in [0.1, 0.15) is 18.4 Å². The fourth-order valence-electron chi connectivity index (χ4n) is 2.68. The van der Waals surface area contributed by atoms with Gasteiger partial charge in [-0.3, -0.25) is 4.90 Å². The minimum absolute atomic E-state index is 0.327. The molecule has 0 unspecified atom stereocenters. The van der Waals surface area contributed by atoms with Crippen molar-refractivity contribution in [1.82, 2.24) is 4.90 Å². The first-order valence-electron chi connectivity index (χ1n) is 5.90. The second kappa shape index (κ2) is 4.13. The lowest BCUT2D eigenvalue weighted by Gasteiger charge is -2.35. The molecule has 2 fully saturated rings. The van der Waals surface area contributed by atoms with Crippen LogP contribution >= 0.6 is 15.9 Å². The molecule has 3 heteroatoms. The maximum atomic E-state index is 5.43. The third-order valence-corrected chi connectivity index (χ3v) is 4.20. The van der Waals surface area contributed by atoms with Crippen molar-refractivity contribution in [3.05, 3.63) is 34.3 Å². The van der Waals surface area contributed by atoms with Gasteiger partial charge in [-0.1, -0.05) is 28.1 Å². The van der Waals surface area contributed by atoms with Gasteiger partial charge < -0.3 is 4.74 Å². The van der Waals surface area contributed by atoms with Crippen LogP contribution in [0.4, 0.5) is 0 Å². The molecule has 1 aromatic carbocycles. The van der Waals surface area contributed by atoms with E-state index in [1.165, 1.54) is 22.9 Å². The van der Waals surface area contributed by atoms with Crippen LogP contribution in [0.15, 0.2) is 28.7 Å². The van der Waals surface area contributed by atoms with Crippen molar-refractivity contribution in [1.29, 1.82) is 0 Å². The summed E-state index contributed by atoms with van der Waals surface area (Å²) in [5.74, 6) is 0. The van der Waals surface area contributed by atoms with Crippen molar-refractivity contribution in [3.63, 3.8) is 0 Å². The molecule has 0 spiro atoms. The van der Waals surface area contributed by atoms with Gasteiger partial charge in [0.2, 0.25) is 0 Å². The second-order valence-corrected chi connectivity index (χ2v) is 5.56. The van der Waals surface area contributed by atoms with Gasteiger partial charge in [0.25, 0.3) is 0 Å². The lowest BCUT2D eigenvalue weighted by atomic mass is 10.0. The van der Waals surface area contributed by atoms with E-state index in [2.05, 4.69) is 45.1 Å². The summed E-state index contributed by atoms with van der Waals surface area (Å²) in [6, 6.07) is 8.76. The van der Waals surface area contributed by atoms with E-state index >= 15 is 0 Å². The van der Waals surface area contributed by atoms with Crippen LogP contribution in [0, 0.1) is 0 Å². The van der Waals surface area contributed by atoms with Crippen LogP contribution in [0.3, 0.4) is 0 Å². The van der Waals surface area contributed by atoms with Crippen molar-refractivity contribution in [2.75, 3.05) is 26.3 Å². The van der Waals surface area contributed by atoms with Gasteiger partial charge in [-0.2, -0.15) is 0 Å². The summed E-state index contributed by atoms with van der Waals surface area (Å²) in [6.07, 6.45) is 2.59. The summed E-state index contributed by atoms with van der Waals surface area (Å²) < 4.78 is 6.62. The van der Waals surface area contributed by atoms with Crippen molar-refractivity contribution in [2.24, 2.45) is 0 Å². The molecule has 0 atom stereocenters. The SMILES string of the molecule is Brc1cccc(C2(N3CCOCC3)CC2)c1. The summed E-state index contributed by atoms with van der Waals surface area (Å²) in [5, 5.41) is 0. The van der Waals surface area contributed by atoms with Crippen molar-refractivity contribution in [3.8, 4) is 0 Å².